The second kappa shape index (κ2) is 7.93. The van der Waals surface area contributed by atoms with Crippen molar-refractivity contribution in [2.75, 3.05) is 14.2 Å². The minimum Gasteiger partial charge on any atom is -0.496 e. The molecule has 0 amide bonds. The van der Waals surface area contributed by atoms with Crippen LogP contribution in [0.1, 0.15) is 42.2 Å². The highest BCUT2D eigenvalue weighted by atomic mass is 35.5. The van der Waals surface area contributed by atoms with E-state index >= 15 is 0 Å². The number of hydrogen-bond donors (Lipinski definition) is 1. The molecule has 0 saturated carbocycles. The number of ether oxygens (including phenoxy) is 3. The van der Waals surface area contributed by atoms with Crippen LogP contribution >= 0.6 is 11.6 Å². The van der Waals surface area contributed by atoms with Gasteiger partial charge in [0.2, 0.25) is 17.2 Å². The maximum Gasteiger partial charge on any atom is 0.236 e. The van der Waals surface area contributed by atoms with Crippen molar-refractivity contribution >= 4 is 23.2 Å². The number of carbonyl (C=O) groups is 2. The molecule has 0 saturated heterocycles. The Hall–Kier alpha value is -2.99. The van der Waals surface area contributed by atoms with Gasteiger partial charge in [0, 0.05) is 29.8 Å². The van der Waals surface area contributed by atoms with Crippen LogP contribution in [0.15, 0.2) is 48.2 Å². The number of Topliss-reactive ketones (excluding diaryl/α,β-unsaturated/α-hetero) is 1. The second-order valence-corrected chi connectivity index (χ2v) is 8.26. The molecule has 1 spiro atoms. The van der Waals surface area contributed by atoms with Gasteiger partial charge >= 0.3 is 0 Å². The second-order valence-electron chi connectivity index (χ2n) is 7.88. The highest BCUT2D eigenvalue weighted by molar-refractivity contribution is 6.36. The number of methoxy groups -OCH3 is 2. The van der Waals surface area contributed by atoms with Crippen LogP contribution in [0.25, 0.3) is 0 Å². The lowest BCUT2D eigenvalue weighted by atomic mass is 9.74. The first kappa shape index (κ1) is 21.2. The lowest BCUT2D eigenvalue weighted by molar-refractivity contribution is -0.129. The number of fused-ring (bicyclic) bond motifs is 1. The van der Waals surface area contributed by atoms with Gasteiger partial charge in [0.25, 0.3) is 0 Å². The summed E-state index contributed by atoms with van der Waals surface area (Å²) in [7, 11) is 2.91. The van der Waals surface area contributed by atoms with Crippen molar-refractivity contribution in [2.45, 2.75) is 31.9 Å². The SMILES string of the molecule is COc1cc(OC)c2c(c1Cl)OC1(C(=O)C=C(NC(C)c3ccccc3)CC1C)C2=O. The molecular formula is C24H24ClNO5. The van der Waals surface area contributed by atoms with E-state index in [4.69, 9.17) is 25.8 Å². The number of hydrogen-bond acceptors (Lipinski definition) is 6. The quantitative estimate of drug-likeness (QED) is 0.688. The number of ketones is 2. The van der Waals surface area contributed by atoms with E-state index in [-0.39, 0.29) is 28.1 Å². The average molecular weight is 442 g/mol. The smallest absolute Gasteiger partial charge is 0.236 e. The van der Waals surface area contributed by atoms with E-state index in [9.17, 15) is 9.59 Å². The molecule has 1 N–H and O–H groups in total. The molecule has 1 aliphatic carbocycles. The summed E-state index contributed by atoms with van der Waals surface area (Å²) in [5, 5.41) is 3.54. The van der Waals surface area contributed by atoms with Gasteiger partial charge in [-0.1, -0.05) is 48.9 Å². The van der Waals surface area contributed by atoms with Gasteiger partial charge in [-0.2, -0.15) is 0 Å². The van der Waals surface area contributed by atoms with Crippen LogP contribution in [-0.4, -0.2) is 31.4 Å². The molecule has 2 aromatic carbocycles. The Labute approximate surface area is 186 Å². The normalized spacial score (nSPS) is 23.1. The zero-order valence-corrected chi connectivity index (χ0v) is 18.6. The van der Waals surface area contributed by atoms with Gasteiger partial charge in [-0.25, -0.2) is 0 Å². The van der Waals surface area contributed by atoms with Gasteiger partial charge in [0.15, 0.2) is 5.75 Å². The fourth-order valence-corrected chi connectivity index (χ4v) is 4.60. The van der Waals surface area contributed by atoms with Gasteiger partial charge in [-0.05, 0) is 18.9 Å². The molecule has 31 heavy (non-hydrogen) atoms. The topological polar surface area (TPSA) is 73.9 Å². The van der Waals surface area contributed by atoms with Gasteiger partial charge < -0.3 is 19.5 Å². The molecule has 2 aliphatic rings. The zero-order chi connectivity index (χ0) is 22.3. The molecule has 162 valence electrons. The van der Waals surface area contributed by atoms with Crippen molar-refractivity contribution in [3.05, 3.63) is 64.3 Å². The van der Waals surface area contributed by atoms with Gasteiger partial charge in [-0.3, -0.25) is 9.59 Å². The summed E-state index contributed by atoms with van der Waals surface area (Å²) < 4.78 is 16.7. The highest BCUT2D eigenvalue weighted by Gasteiger charge is 2.60. The number of benzene rings is 2. The summed E-state index contributed by atoms with van der Waals surface area (Å²) >= 11 is 6.41. The zero-order valence-electron chi connectivity index (χ0n) is 17.8. The van der Waals surface area contributed by atoms with Gasteiger partial charge in [0.1, 0.15) is 22.1 Å². The fraction of sp³-hybridized carbons (Fsp3) is 0.333. The maximum atomic E-state index is 13.5. The van der Waals surface area contributed by atoms with Crippen molar-refractivity contribution in [1.82, 2.24) is 5.32 Å². The lowest BCUT2D eigenvalue weighted by Gasteiger charge is -2.36. The lowest BCUT2D eigenvalue weighted by Crippen LogP contribution is -2.55. The first-order valence-electron chi connectivity index (χ1n) is 10.1. The summed E-state index contributed by atoms with van der Waals surface area (Å²) in [6.07, 6.45) is 1.94. The molecule has 1 heterocycles. The van der Waals surface area contributed by atoms with E-state index in [2.05, 4.69) is 5.32 Å². The highest BCUT2D eigenvalue weighted by Crippen LogP contribution is 2.52. The van der Waals surface area contributed by atoms with Crippen molar-refractivity contribution in [3.8, 4) is 17.2 Å². The molecule has 0 fully saturated rings. The standard InChI is InChI=1S/C24H24ClNO5/c1-13-10-16(26-14(2)15-8-6-5-7-9-15)11-19(27)24(13)23(28)20-17(29-3)12-18(30-4)21(25)22(20)31-24/h5-9,11-14,26H,10H2,1-4H3. The third-order valence-corrected chi connectivity index (χ3v) is 6.37. The Morgan fingerprint density at radius 2 is 1.84 bits per heavy atom. The van der Waals surface area contributed by atoms with Crippen LogP contribution in [-0.2, 0) is 4.79 Å². The van der Waals surface area contributed by atoms with E-state index in [0.29, 0.717) is 12.2 Å². The number of nitrogens with one attached hydrogen (secondary N) is 1. The molecule has 0 bridgehead atoms. The average Bonchev–Trinajstić information content (AvgIpc) is 3.08. The number of rotatable bonds is 5. The summed E-state index contributed by atoms with van der Waals surface area (Å²) in [5.41, 5.74) is 0.388. The number of halogens is 1. The molecule has 0 aromatic heterocycles. The third kappa shape index (κ3) is 3.26. The van der Waals surface area contributed by atoms with Crippen molar-refractivity contribution in [3.63, 3.8) is 0 Å². The molecular weight excluding hydrogens is 418 g/mol. The molecule has 4 rings (SSSR count). The van der Waals surface area contributed by atoms with Crippen molar-refractivity contribution in [1.29, 1.82) is 0 Å². The Kier molecular flexibility index (Phi) is 5.43. The van der Waals surface area contributed by atoms with Crippen LogP contribution < -0.4 is 19.5 Å². The van der Waals surface area contributed by atoms with Crippen LogP contribution in [0, 0.1) is 5.92 Å². The minimum absolute atomic E-state index is 0.0118. The first-order chi connectivity index (χ1) is 14.8. The summed E-state index contributed by atoms with van der Waals surface area (Å²) in [5.74, 6) is -0.552. The summed E-state index contributed by atoms with van der Waals surface area (Å²) in [4.78, 5) is 26.8. The third-order valence-electron chi connectivity index (χ3n) is 6.01. The van der Waals surface area contributed by atoms with Crippen LogP contribution in [0.4, 0.5) is 0 Å². The number of allylic oxidation sites excluding steroid dienone is 1. The van der Waals surface area contributed by atoms with E-state index in [1.54, 1.807) is 0 Å². The Morgan fingerprint density at radius 3 is 2.45 bits per heavy atom. The van der Waals surface area contributed by atoms with Crippen LogP contribution in [0.2, 0.25) is 5.02 Å². The predicted octanol–water partition coefficient (Wildman–Crippen LogP) is 4.51. The fourth-order valence-electron chi connectivity index (χ4n) is 4.33. The van der Waals surface area contributed by atoms with Crippen molar-refractivity contribution < 1.29 is 23.8 Å². The van der Waals surface area contributed by atoms with Crippen LogP contribution in [0.3, 0.4) is 0 Å². The van der Waals surface area contributed by atoms with Gasteiger partial charge in [0.05, 0.1) is 14.2 Å². The van der Waals surface area contributed by atoms with Crippen LogP contribution in [0.5, 0.6) is 17.2 Å². The Bertz CT molecular complexity index is 1080. The Morgan fingerprint density at radius 1 is 1.16 bits per heavy atom. The molecule has 6 nitrogen and oxygen atoms in total. The monoisotopic (exact) mass is 441 g/mol. The minimum atomic E-state index is -1.66. The summed E-state index contributed by atoms with van der Waals surface area (Å²) in [6, 6.07) is 11.5. The molecule has 2 aromatic rings. The van der Waals surface area contributed by atoms with Gasteiger partial charge in [-0.15, -0.1) is 0 Å². The van der Waals surface area contributed by atoms with E-state index in [1.165, 1.54) is 26.4 Å². The van der Waals surface area contributed by atoms with Crippen molar-refractivity contribution in [2.24, 2.45) is 5.92 Å². The van der Waals surface area contributed by atoms with E-state index in [0.717, 1.165) is 11.3 Å². The Balaban J connectivity index is 1.68. The predicted molar refractivity (Wildman–Crippen MR) is 117 cm³/mol. The largest absolute Gasteiger partial charge is 0.496 e. The molecule has 0 radical (unpaired) electrons. The summed E-state index contributed by atoms with van der Waals surface area (Å²) in [6.45, 7) is 3.86. The molecule has 1 aliphatic heterocycles. The molecule has 3 unspecified atom stereocenters. The number of carbonyl (C=O) groups excluding carboxylic acids is 2. The molecule has 3 atom stereocenters. The van der Waals surface area contributed by atoms with E-state index < -0.39 is 23.1 Å². The maximum absolute atomic E-state index is 13.5. The first-order valence-corrected chi connectivity index (χ1v) is 10.5. The molecule has 7 heteroatoms. The van der Waals surface area contributed by atoms with E-state index in [1.807, 2.05) is 44.2 Å².